The van der Waals surface area contributed by atoms with E-state index >= 15 is 0 Å². The van der Waals surface area contributed by atoms with Crippen LogP contribution >= 0.6 is 12.2 Å². The fraction of sp³-hybridized carbons (Fsp3) is 0.591. The molecule has 1 aromatic carbocycles. The van der Waals surface area contributed by atoms with Crippen molar-refractivity contribution in [2.75, 3.05) is 58.0 Å². The lowest BCUT2D eigenvalue weighted by Gasteiger charge is -2.15. The number of phenolic OH excluding ortho intramolecular Hbond substituents is 1. The van der Waals surface area contributed by atoms with Gasteiger partial charge in [0.15, 0.2) is 5.11 Å². The Morgan fingerprint density at radius 1 is 1.03 bits per heavy atom. The van der Waals surface area contributed by atoms with Gasteiger partial charge in [0, 0.05) is 30.7 Å². The van der Waals surface area contributed by atoms with Crippen molar-refractivity contribution in [1.29, 1.82) is 0 Å². The summed E-state index contributed by atoms with van der Waals surface area (Å²) >= 11 is 5.25. The van der Waals surface area contributed by atoms with Crippen LogP contribution in [-0.2, 0) is 14.2 Å². The molecule has 0 unspecified atom stereocenters. The van der Waals surface area contributed by atoms with Gasteiger partial charge in [0.1, 0.15) is 5.75 Å². The molecule has 0 fully saturated rings. The Bertz CT molecular complexity index is 646. The molecule has 0 bridgehead atoms. The Kier molecular flexibility index (Phi) is 16.1. The Morgan fingerprint density at radius 2 is 1.66 bits per heavy atom. The van der Waals surface area contributed by atoms with Gasteiger partial charge < -0.3 is 40.7 Å². The zero-order valence-corrected chi connectivity index (χ0v) is 19.9. The quantitative estimate of drug-likeness (QED) is 0.0718. The van der Waals surface area contributed by atoms with Gasteiger partial charge in [-0.05, 0) is 62.2 Å². The normalized spacial score (nSPS) is 11.4. The molecule has 0 spiro atoms. The zero-order valence-electron chi connectivity index (χ0n) is 19.1. The van der Waals surface area contributed by atoms with Gasteiger partial charge in [-0.15, -0.1) is 0 Å². The fourth-order valence-electron chi connectivity index (χ4n) is 2.57. The van der Waals surface area contributed by atoms with Gasteiger partial charge in [0.2, 0.25) is 0 Å². The zero-order chi connectivity index (χ0) is 23.4. The van der Waals surface area contributed by atoms with Crippen LogP contribution in [0, 0.1) is 0 Å². The van der Waals surface area contributed by atoms with Crippen molar-refractivity contribution in [3.05, 3.63) is 36.2 Å². The van der Waals surface area contributed by atoms with Crippen LogP contribution in [0.15, 0.2) is 36.2 Å². The molecule has 0 aliphatic rings. The number of unbranched alkanes of at least 4 members (excludes halogenated alkanes) is 1. The molecule has 32 heavy (non-hydrogen) atoms. The maximum absolute atomic E-state index is 9.28. The molecule has 0 aliphatic heterocycles. The highest BCUT2D eigenvalue weighted by Crippen LogP contribution is 2.13. The molecule has 0 heterocycles. The van der Waals surface area contributed by atoms with Gasteiger partial charge in [0.25, 0.3) is 0 Å². The maximum Gasteiger partial charge on any atom is 0.170 e. The number of hydrogen-bond donors (Lipinski definition) is 5. The van der Waals surface area contributed by atoms with Crippen molar-refractivity contribution >= 4 is 23.0 Å². The van der Waals surface area contributed by atoms with Crippen LogP contribution in [0.5, 0.6) is 5.75 Å². The molecule has 7 N–H and O–H groups in total. The van der Waals surface area contributed by atoms with Crippen molar-refractivity contribution in [3.8, 4) is 5.75 Å². The molecule has 0 saturated heterocycles. The number of aromatic hydroxyl groups is 1. The number of nitrogens with one attached hydrogen (secondary N) is 2. The van der Waals surface area contributed by atoms with E-state index in [-0.39, 0.29) is 5.75 Å². The molecule has 0 aromatic heterocycles. The summed E-state index contributed by atoms with van der Waals surface area (Å²) in [6, 6.07) is 6.73. The molecule has 0 aliphatic carbocycles. The summed E-state index contributed by atoms with van der Waals surface area (Å²) in [5.41, 5.74) is 7.59. The number of thiocarbonyl (C=S) groups is 1. The number of anilines is 1. The predicted molar refractivity (Wildman–Crippen MR) is 132 cm³/mol. The molecule has 0 atom stereocenters. The first-order valence-corrected chi connectivity index (χ1v) is 11.5. The molecular formula is C22H39N5O4S. The largest absolute Gasteiger partial charge is 0.508 e. The first-order chi connectivity index (χ1) is 15.5. The van der Waals surface area contributed by atoms with Crippen LogP contribution in [0.25, 0.3) is 0 Å². The first kappa shape index (κ1) is 27.9. The average Bonchev–Trinajstić information content (AvgIpc) is 2.76. The van der Waals surface area contributed by atoms with E-state index in [2.05, 4.69) is 17.6 Å². The van der Waals surface area contributed by atoms with E-state index in [0.29, 0.717) is 44.7 Å². The van der Waals surface area contributed by atoms with Crippen molar-refractivity contribution < 1.29 is 19.3 Å². The third kappa shape index (κ3) is 15.7. The Balaban J connectivity index is 1.99. The highest BCUT2D eigenvalue weighted by atomic mass is 32.1. The summed E-state index contributed by atoms with van der Waals surface area (Å²) in [6.07, 6.45) is 5.35. The lowest BCUT2D eigenvalue weighted by Crippen LogP contribution is -2.30. The van der Waals surface area contributed by atoms with Crippen LogP contribution in [0.1, 0.15) is 32.6 Å². The van der Waals surface area contributed by atoms with Crippen molar-refractivity contribution in [2.45, 2.75) is 32.6 Å². The van der Waals surface area contributed by atoms with E-state index in [1.807, 2.05) is 0 Å². The van der Waals surface area contributed by atoms with E-state index < -0.39 is 0 Å². The number of rotatable bonds is 18. The van der Waals surface area contributed by atoms with Crippen LogP contribution in [0.3, 0.4) is 0 Å². The Hall–Kier alpha value is -2.11. The second-order valence-electron chi connectivity index (χ2n) is 7.16. The number of phenols is 1. The van der Waals surface area contributed by atoms with E-state index in [4.69, 9.17) is 38.0 Å². The lowest BCUT2D eigenvalue weighted by atomic mass is 10.2. The third-order valence-corrected chi connectivity index (χ3v) is 4.47. The van der Waals surface area contributed by atoms with Crippen LogP contribution in [0.2, 0.25) is 0 Å². The number of hydrazine groups is 1. The van der Waals surface area contributed by atoms with Gasteiger partial charge in [0.05, 0.1) is 39.6 Å². The smallest absolute Gasteiger partial charge is 0.170 e. The molecule has 1 aromatic rings. The van der Waals surface area contributed by atoms with E-state index in [1.165, 1.54) is 0 Å². The molecule has 182 valence electrons. The van der Waals surface area contributed by atoms with Crippen LogP contribution < -0.4 is 22.2 Å². The van der Waals surface area contributed by atoms with Gasteiger partial charge in [-0.2, -0.15) is 0 Å². The monoisotopic (exact) mass is 469 g/mol. The Labute approximate surface area is 197 Å². The van der Waals surface area contributed by atoms with E-state index in [0.717, 1.165) is 50.2 Å². The van der Waals surface area contributed by atoms with Gasteiger partial charge in [-0.25, -0.2) is 5.84 Å². The molecule has 0 radical (unpaired) electrons. The second kappa shape index (κ2) is 18.5. The lowest BCUT2D eigenvalue weighted by molar-refractivity contribution is 0.0123. The minimum atomic E-state index is 0.220. The highest BCUT2D eigenvalue weighted by Gasteiger charge is 2.00. The highest BCUT2D eigenvalue weighted by molar-refractivity contribution is 7.80. The molecule has 9 nitrogen and oxygen atoms in total. The minimum absolute atomic E-state index is 0.220. The SMILES string of the molecule is CCCOCCOCCOCCN(N)/C=C(\N)CCCCNC(=S)Nc1ccc(O)cc1. The van der Waals surface area contributed by atoms with Crippen LogP contribution in [0.4, 0.5) is 5.69 Å². The van der Waals surface area contributed by atoms with Gasteiger partial charge in [-0.3, -0.25) is 0 Å². The van der Waals surface area contributed by atoms with Crippen molar-refractivity contribution in [2.24, 2.45) is 11.6 Å². The fourth-order valence-corrected chi connectivity index (χ4v) is 2.79. The number of benzene rings is 1. The third-order valence-electron chi connectivity index (χ3n) is 4.22. The summed E-state index contributed by atoms with van der Waals surface area (Å²) in [6.45, 7) is 6.92. The molecule has 1 rings (SSSR count). The van der Waals surface area contributed by atoms with Gasteiger partial charge >= 0.3 is 0 Å². The van der Waals surface area contributed by atoms with Crippen molar-refractivity contribution in [3.63, 3.8) is 0 Å². The molecular weight excluding hydrogens is 430 g/mol. The summed E-state index contributed by atoms with van der Waals surface area (Å²) in [7, 11) is 0. The average molecular weight is 470 g/mol. The number of allylic oxidation sites excluding steroid dienone is 1. The Morgan fingerprint density at radius 3 is 2.31 bits per heavy atom. The van der Waals surface area contributed by atoms with E-state index in [9.17, 15) is 5.11 Å². The van der Waals surface area contributed by atoms with Crippen molar-refractivity contribution in [1.82, 2.24) is 10.3 Å². The minimum Gasteiger partial charge on any atom is -0.508 e. The second-order valence-corrected chi connectivity index (χ2v) is 7.57. The number of ether oxygens (including phenoxy) is 3. The number of hydrogen-bond acceptors (Lipinski definition) is 8. The topological polar surface area (TPSA) is 127 Å². The first-order valence-electron chi connectivity index (χ1n) is 11.1. The summed E-state index contributed by atoms with van der Waals surface area (Å²) < 4.78 is 16.2. The van der Waals surface area contributed by atoms with Gasteiger partial charge in [-0.1, -0.05) is 6.92 Å². The number of nitrogens with zero attached hydrogens (tertiary/aromatic N) is 1. The molecule has 10 heteroatoms. The van der Waals surface area contributed by atoms with Crippen LogP contribution in [-0.4, -0.2) is 68.0 Å². The predicted octanol–water partition coefficient (Wildman–Crippen LogP) is 2.28. The summed E-state index contributed by atoms with van der Waals surface area (Å²) in [4.78, 5) is 0. The maximum atomic E-state index is 9.28. The molecule has 0 saturated carbocycles. The van der Waals surface area contributed by atoms with E-state index in [1.54, 1.807) is 35.5 Å². The summed E-state index contributed by atoms with van der Waals surface area (Å²) in [5.74, 6) is 6.15. The molecule has 0 amide bonds. The number of nitrogens with two attached hydrogens (primary N) is 2. The standard InChI is InChI=1S/C22H39N5O4S/c1-2-12-29-14-16-31-17-15-30-13-11-27(24)18-19(23)5-3-4-10-25-22(32)26-20-6-8-21(28)9-7-20/h6-9,18,28H,2-5,10-17,23-24H2,1H3,(H2,25,26,32)/b19-18-. The summed E-state index contributed by atoms with van der Waals surface area (Å²) in [5, 5.41) is 17.6.